The van der Waals surface area contributed by atoms with Crippen molar-refractivity contribution in [2.24, 2.45) is 0 Å². The van der Waals surface area contributed by atoms with E-state index >= 15 is 0 Å². The first-order valence-corrected chi connectivity index (χ1v) is 10.3. The van der Waals surface area contributed by atoms with Crippen molar-refractivity contribution >= 4 is 28.5 Å². The summed E-state index contributed by atoms with van der Waals surface area (Å²) >= 11 is 0.731. The van der Waals surface area contributed by atoms with Crippen molar-refractivity contribution in [2.45, 2.75) is 25.9 Å². The lowest BCUT2D eigenvalue weighted by atomic mass is 10.2. The molecule has 1 aromatic heterocycles. The van der Waals surface area contributed by atoms with Crippen LogP contribution in [0.15, 0.2) is 18.2 Å². The molecule has 30 heavy (non-hydrogen) atoms. The van der Waals surface area contributed by atoms with Crippen molar-refractivity contribution in [2.75, 3.05) is 31.5 Å². The highest BCUT2D eigenvalue weighted by molar-refractivity contribution is 7.11. The van der Waals surface area contributed by atoms with Gasteiger partial charge in [0.25, 0.3) is 0 Å². The van der Waals surface area contributed by atoms with Crippen LogP contribution in [0.25, 0.3) is 0 Å². The molecule has 0 unspecified atom stereocenters. The van der Waals surface area contributed by atoms with E-state index in [0.29, 0.717) is 6.54 Å². The Morgan fingerprint density at radius 3 is 2.77 bits per heavy atom. The Morgan fingerprint density at radius 2 is 2.03 bits per heavy atom. The number of likely N-dealkylation sites (tertiary alicyclic amines) is 1. The number of ether oxygens (including phenoxy) is 1. The lowest BCUT2D eigenvalue weighted by molar-refractivity contribution is 0.0693. The zero-order valence-corrected chi connectivity index (χ0v) is 16.9. The molecule has 1 aliphatic heterocycles. The minimum Gasteiger partial charge on any atom is -0.477 e. The Hall–Kier alpha value is -2.79. The van der Waals surface area contributed by atoms with E-state index in [1.165, 1.54) is 25.0 Å². The van der Waals surface area contributed by atoms with Gasteiger partial charge in [0.1, 0.15) is 11.6 Å². The van der Waals surface area contributed by atoms with Gasteiger partial charge in [0.15, 0.2) is 17.2 Å². The normalized spacial score (nSPS) is 13.9. The first-order valence-electron chi connectivity index (χ1n) is 9.51. The van der Waals surface area contributed by atoms with Gasteiger partial charge in [-0.05, 0) is 56.5 Å². The summed E-state index contributed by atoms with van der Waals surface area (Å²) in [6.45, 7) is 3.10. The molecule has 2 heterocycles. The third kappa shape index (κ3) is 5.63. The van der Waals surface area contributed by atoms with Crippen LogP contribution in [-0.4, -0.2) is 52.6 Å². The van der Waals surface area contributed by atoms with Gasteiger partial charge in [-0.15, -0.1) is 0 Å². The predicted octanol–water partition coefficient (Wildman–Crippen LogP) is 3.31. The first kappa shape index (κ1) is 21.9. The molecular weight excluding hydrogens is 418 g/mol. The minimum absolute atomic E-state index is 0.00532. The third-order valence-corrected chi connectivity index (χ3v) is 5.38. The van der Waals surface area contributed by atoms with Crippen LogP contribution in [0, 0.1) is 11.6 Å². The number of nitrogens with one attached hydrogen (secondary N) is 2. The molecule has 2 aromatic rings. The number of hydrogen-bond donors (Lipinski definition) is 3. The summed E-state index contributed by atoms with van der Waals surface area (Å²) in [5.74, 6) is -3.74. The zero-order valence-electron chi connectivity index (χ0n) is 16.1. The third-order valence-electron chi connectivity index (χ3n) is 4.63. The Kier molecular flexibility index (Phi) is 7.52. The van der Waals surface area contributed by atoms with Gasteiger partial charge >= 0.3 is 12.0 Å². The zero-order chi connectivity index (χ0) is 21.5. The monoisotopic (exact) mass is 440 g/mol. The number of halogens is 2. The molecule has 0 bridgehead atoms. The number of nitrogens with zero attached hydrogens (tertiary/aromatic N) is 2. The molecule has 11 heteroatoms. The minimum atomic E-state index is -1.36. The van der Waals surface area contributed by atoms with E-state index in [2.05, 4.69) is 19.9 Å². The molecule has 0 saturated carbocycles. The molecule has 0 aliphatic carbocycles. The van der Waals surface area contributed by atoms with Crippen LogP contribution >= 0.6 is 11.5 Å². The van der Waals surface area contributed by atoms with E-state index in [0.717, 1.165) is 43.7 Å². The Morgan fingerprint density at radius 1 is 1.27 bits per heavy atom. The number of carboxylic acid groups (broad SMARTS) is 1. The Balaban J connectivity index is 1.54. The van der Waals surface area contributed by atoms with Crippen LogP contribution < -0.4 is 15.4 Å². The maximum atomic E-state index is 13.7. The number of benzene rings is 1. The number of anilines is 1. The molecule has 2 amide bonds. The van der Waals surface area contributed by atoms with Gasteiger partial charge in [-0.25, -0.2) is 18.4 Å². The van der Waals surface area contributed by atoms with Crippen LogP contribution in [0.3, 0.4) is 0 Å². The number of amides is 2. The van der Waals surface area contributed by atoms with Crippen molar-refractivity contribution < 1.29 is 28.2 Å². The summed E-state index contributed by atoms with van der Waals surface area (Å²) in [4.78, 5) is 26.0. The number of carbonyl (C=O) groups is 2. The Labute approximate surface area is 176 Å². The van der Waals surface area contributed by atoms with E-state index in [9.17, 15) is 23.5 Å². The van der Waals surface area contributed by atoms with Gasteiger partial charge in [0, 0.05) is 12.1 Å². The summed E-state index contributed by atoms with van der Waals surface area (Å²) < 4.78 is 36.2. The van der Waals surface area contributed by atoms with Crippen LogP contribution in [0.1, 0.15) is 35.2 Å². The van der Waals surface area contributed by atoms with E-state index < -0.39 is 30.2 Å². The Bertz CT molecular complexity index is 903. The van der Waals surface area contributed by atoms with Gasteiger partial charge in [0.2, 0.25) is 5.88 Å². The summed E-state index contributed by atoms with van der Waals surface area (Å²) in [6, 6.07) is 3.05. The molecule has 1 fully saturated rings. The smallest absolute Gasteiger partial charge is 0.344 e. The fourth-order valence-corrected chi connectivity index (χ4v) is 3.83. The molecule has 3 N–H and O–H groups in total. The van der Waals surface area contributed by atoms with Gasteiger partial charge in [-0.1, -0.05) is 12.1 Å². The van der Waals surface area contributed by atoms with Crippen molar-refractivity contribution in [1.82, 2.24) is 14.6 Å². The second-order valence-corrected chi connectivity index (χ2v) is 7.56. The second kappa shape index (κ2) is 10.3. The van der Waals surface area contributed by atoms with Gasteiger partial charge in [-0.3, -0.25) is 5.32 Å². The molecule has 1 aliphatic rings. The van der Waals surface area contributed by atoms with Crippen molar-refractivity contribution in [3.8, 4) is 5.88 Å². The number of rotatable bonds is 9. The number of aromatic carboxylic acids is 1. The molecule has 162 valence electrons. The van der Waals surface area contributed by atoms with Crippen LogP contribution in [0.4, 0.5) is 18.6 Å². The lowest BCUT2D eigenvalue weighted by Crippen LogP contribution is -2.32. The van der Waals surface area contributed by atoms with E-state index in [1.54, 1.807) is 0 Å². The van der Waals surface area contributed by atoms with Gasteiger partial charge in [0.05, 0.1) is 0 Å². The standard InChI is InChI=1S/C19H22F2N4O4S/c20-13-6-3-5-12(15(13)21)11-29-16-14(18(26)27)17(30-24-16)23-19(28)22-7-4-10-25-8-1-2-9-25/h3,5-6H,1-2,4,7-11H2,(H,26,27)(H2,22,23,28). The van der Waals surface area contributed by atoms with E-state index in [1.807, 2.05) is 0 Å². The quantitative estimate of drug-likeness (QED) is 0.517. The highest BCUT2D eigenvalue weighted by atomic mass is 32.1. The SMILES string of the molecule is O=C(NCCCN1CCCC1)Nc1snc(OCc2cccc(F)c2F)c1C(=O)O. The number of aromatic nitrogens is 1. The first-order chi connectivity index (χ1) is 14.5. The van der Waals surface area contributed by atoms with E-state index in [-0.39, 0.29) is 22.0 Å². The molecule has 1 saturated heterocycles. The van der Waals surface area contributed by atoms with Crippen LogP contribution in [0.2, 0.25) is 0 Å². The fraction of sp³-hybridized carbons (Fsp3) is 0.421. The molecule has 0 atom stereocenters. The van der Waals surface area contributed by atoms with Crippen LogP contribution in [0.5, 0.6) is 5.88 Å². The molecule has 3 rings (SSSR count). The summed E-state index contributed by atoms with van der Waals surface area (Å²) in [6.07, 6.45) is 3.19. The van der Waals surface area contributed by atoms with Gasteiger partial charge < -0.3 is 20.1 Å². The molecule has 0 spiro atoms. The summed E-state index contributed by atoms with van der Waals surface area (Å²) in [5, 5.41) is 14.6. The topological polar surface area (TPSA) is 104 Å². The van der Waals surface area contributed by atoms with Crippen molar-refractivity contribution in [3.05, 3.63) is 41.0 Å². The number of carbonyl (C=O) groups excluding carboxylic acids is 1. The van der Waals surface area contributed by atoms with Crippen molar-refractivity contribution in [1.29, 1.82) is 0 Å². The lowest BCUT2D eigenvalue weighted by Gasteiger charge is -2.14. The maximum Gasteiger partial charge on any atom is 0.344 e. The number of carboxylic acids is 1. The highest BCUT2D eigenvalue weighted by Crippen LogP contribution is 2.31. The van der Waals surface area contributed by atoms with Crippen LogP contribution in [-0.2, 0) is 6.61 Å². The highest BCUT2D eigenvalue weighted by Gasteiger charge is 2.24. The maximum absolute atomic E-state index is 13.7. The average Bonchev–Trinajstić information content (AvgIpc) is 3.36. The molecule has 8 nitrogen and oxygen atoms in total. The van der Waals surface area contributed by atoms with Gasteiger partial charge in [-0.2, -0.15) is 4.37 Å². The van der Waals surface area contributed by atoms with E-state index in [4.69, 9.17) is 4.74 Å². The number of urea groups is 1. The second-order valence-electron chi connectivity index (χ2n) is 6.78. The fourth-order valence-electron chi connectivity index (χ4n) is 3.11. The summed E-state index contributed by atoms with van der Waals surface area (Å²) in [5.41, 5.74) is -0.423. The molecular formula is C19H22F2N4O4S. The molecule has 0 radical (unpaired) electrons. The summed E-state index contributed by atoms with van der Waals surface area (Å²) in [7, 11) is 0. The van der Waals surface area contributed by atoms with Crippen molar-refractivity contribution in [3.63, 3.8) is 0 Å². The molecule has 1 aromatic carbocycles. The average molecular weight is 440 g/mol. The largest absolute Gasteiger partial charge is 0.477 e. The number of hydrogen-bond acceptors (Lipinski definition) is 6. The predicted molar refractivity (Wildman–Crippen MR) is 107 cm³/mol.